The fourth-order valence-corrected chi connectivity index (χ4v) is 2.57. The van der Waals surface area contributed by atoms with Gasteiger partial charge in [-0.1, -0.05) is 26.0 Å². The first-order valence-electron chi connectivity index (χ1n) is 9.26. The zero-order chi connectivity index (χ0) is 21.4. The predicted molar refractivity (Wildman–Crippen MR) is 113 cm³/mol. The molecule has 2 aromatic carbocycles. The number of amides is 1. The number of benzene rings is 2. The van der Waals surface area contributed by atoms with Crippen LogP contribution in [0, 0.1) is 24.2 Å². The van der Waals surface area contributed by atoms with Gasteiger partial charge in [-0.05, 0) is 54.3 Å². The summed E-state index contributed by atoms with van der Waals surface area (Å²) >= 11 is 0. The van der Waals surface area contributed by atoms with Crippen molar-refractivity contribution in [2.75, 3.05) is 26.1 Å². The van der Waals surface area contributed by atoms with Crippen molar-refractivity contribution in [3.63, 3.8) is 0 Å². The lowest BCUT2D eigenvalue weighted by Crippen LogP contribution is -2.14. The molecule has 0 saturated carbocycles. The number of carbonyl (C=O) groups is 1. The minimum atomic E-state index is -0.518. The highest BCUT2D eigenvalue weighted by Gasteiger charge is 2.14. The summed E-state index contributed by atoms with van der Waals surface area (Å²) in [7, 11) is 3.07. The van der Waals surface area contributed by atoms with Crippen LogP contribution in [-0.2, 0) is 4.79 Å². The van der Waals surface area contributed by atoms with Gasteiger partial charge in [-0.15, -0.1) is 0 Å². The number of aryl methyl sites for hydroxylation is 1. The molecule has 0 atom stereocenters. The Morgan fingerprint density at radius 2 is 1.79 bits per heavy atom. The van der Waals surface area contributed by atoms with E-state index in [0.717, 1.165) is 5.56 Å². The van der Waals surface area contributed by atoms with E-state index in [0.29, 0.717) is 41.0 Å². The Hall–Kier alpha value is -3.46. The molecule has 0 unspecified atom stereocenters. The first-order chi connectivity index (χ1) is 13.9. The highest BCUT2D eigenvalue weighted by Crippen LogP contribution is 2.30. The number of hydrogen-bond donors (Lipinski definition) is 1. The van der Waals surface area contributed by atoms with E-state index in [9.17, 15) is 10.1 Å². The molecule has 0 radical (unpaired) electrons. The Balaban J connectivity index is 2.26. The van der Waals surface area contributed by atoms with Crippen LogP contribution in [0.3, 0.4) is 0 Å². The molecule has 0 saturated heterocycles. The van der Waals surface area contributed by atoms with Crippen molar-refractivity contribution in [3.05, 3.63) is 53.1 Å². The fraction of sp³-hybridized carbons (Fsp3) is 0.304. The summed E-state index contributed by atoms with van der Waals surface area (Å²) < 4.78 is 16.4. The number of carbonyl (C=O) groups excluding carboxylic acids is 1. The van der Waals surface area contributed by atoms with Crippen molar-refractivity contribution in [2.45, 2.75) is 20.8 Å². The van der Waals surface area contributed by atoms with Gasteiger partial charge in [0, 0.05) is 0 Å². The Labute approximate surface area is 171 Å². The summed E-state index contributed by atoms with van der Waals surface area (Å²) in [4.78, 5) is 12.6. The Morgan fingerprint density at radius 1 is 1.10 bits per heavy atom. The third-order valence-corrected chi connectivity index (χ3v) is 4.04. The average molecular weight is 394 g/mol. The van der Waals surface area contributed by atoms with Crippen molar-refractivity contribution >= 4 is 17.7 Å². The summed E-state index contributed by atoms with van der Waals surface area (Å²) in [5.41, 5.74) is 2.09. The van der Waals surface area contributed by atoms with Crippen LogP contribution in [0.4, 0.5) is 5.69 Å². The lowest BCUT2D eigenvalue weighted by Gasteiger charge is -2.13. The van der Waals surface area contributed by atoms with E-state index in [4.69, 9.17) is 14.2 Å². The molecule has 1 amide bonds. The average Bonchev–Trinajstić information content (AvgIpc) is 2.70. The van der Waals surface area contributed by atoms with Crippen LogP contribution in [0.15, 0.2) is 42.0 Å². The van der Waals surface area contributed by atoms with Crippen LogP contribution in [-0.4, -0.2) is 26.7 Å². The van der Waals surface area contributed by atoms with Gasteiger partial charge < -0.3 is 19.5 Å². The third kappa shape index (κ3) is 6.01. The van der Waals surface area contributed by atoms with Crippen molar-refractivity contribution in [2.24, 2.45) is 5.92 Å². The second-order valence-corrected chi connectivity index (χ2v) is 6.94. The topological polar surface area (TPSA) is 80.6 Å². The van der Waals surface area contributed by atoms with Gasteiger partial charge in [0.05, 0.1) is 26.5 Å². The van der Waals surface area contributed by atoms with Gasteiger partial charge in [-0.3, -0.25) is 4.79 Å². The molecule has 0 aliphatic rings. The molecule has 1 N–H and O–H groups in total. The molecule has 2 rings (SSSR count). The number of hydrogen-bond acceptors (Lipinski definition) is 5. The minimum Gasteiger partial charge on any atom is -0.495 e. The quantitative estimate of drug-likeness (QED) is 0.523. The smallest absolute Gasteiger partial charge is 0.266 e. The number of rotatable bonds is 8. The Bertz CT molecular complexity index is 942. The zero-order valence-corrected chi connectivity index (χ0v) is 17.4. The van der Waals surface area contributed by atoms with Gasteiger partial charge in [-0.25, -0.2) is 0 Å². The largest absolute Gasteiger partial charge is 0.495 e. The standard InChI is InChI=1S/C23H26N2O4/c1-15(2)14-29-21-9-7-17(12-22(21)28-5)11-18(13-24)23(26)25-19-10-16(3)6-8-20(19)27-4/h6-12,15H,14H2,1-5H3,(H,25,26)/b18-11+. The molecular formula is C23H26N2O4. The first-order valence-corrected chi connectivity index (χ1v) is 9.26. The fourth-order valence-electron chi connectivity index (χ4n) is 2.57. The third-order valence-electron chi connectivity index (χ3n) is 4.04. The van der Waals surface area contributed by atoms with Crippen molar-refractivity contribution < 1.29 is 19.0 Å². The maximum absolute atomic E-state index is 12.6. The van der Waals surface area contributed by atoms with Gasteiger partial charge >= 0.3 is 0 Å². The van der Waals surface area contributed by atoms with Crippen molar-refractivity contribution in [1.29, 1.82) is 5.26 Å². The molecule has 152 valence electrons. The molecule has 2 aromatic rings. The second kappa shape index (κ2) is 10.2. The SMILES string of the molecule is COc1ccc(C)cc1NC(=O)/C(C#N)=C/c1ccc(OCC(C)C)c(OC)c1. The van der Waals surface area contributed by atoms with Gasteiger partial charge in [0.1, 0.15) is 17.4 Å². The van der Waals surface area contributed by atoms with E-state index in [1.165, 1.54) is 13.2 Å². The maximum Gasteiger partial charge on any atom is 0.266 e. The van der Waals surface area contributed by atoms with E-state index in [1.54, 1.807) is 37.4 Å². The molecular weight excluding hydrogens is 368 g/mol. The van der Waals surface area contributed by atoms with Crippen LogP contribution in [0.2, 0.25) is 0 Å². The van der Waals surface area contributed by atoms with E-state index in [1.807, 2.05) is 19.1 Å². The highest BCUT2D eigenvalue weighted by atomic mass is 16.5. The summed E-state index contributed by atoms with van der Waals surface area (Å²) in [6.07, 6.45) is 1.51. The Morgan fingerprint density at radius 3 is 2.41 bits per heavy atom. The zero-order valence-electron chi connectivity index (χ0n) is 17.4. The maximum atomic E-state index is 12.6. The monoisotopic (exact) mass is 394 g/mol. The number of ether oxygens (including phenoxy) is 3. The van der Waals surface area contributed by atoms with Crippen LogP contribution >= 0.6 is 0 Å². The van der Waals surface area contributed by atoms with Gasteiger partial charge in [0.25, 0.3) is 5.91 Å². The summed E-state index contributed by atoms with van der Waals surface area (Å²) in [5.74, 6) is 1.54. The first kappa shape index (κ1) is 21.8. The lowest BCUT2D eigenvalue weighted by atomic mass is 10.1. The van der Waals surface area contributed by atoms with Crippen LogP contribution in [0.25, 0.3) is 6.08 Å². The van der Waals surface area contributed by atoms with Gasteiger partial charge in [0.2, 0.25) is 0 Å². The minimum absolute atomic E-state index is 0.0357. The number of nitriles is 1. The lowest BCUT2D eigenvalue weighted by molar-refractivity contribution is -0.112. The Kier molecular flexibility index (Phi) is 7.67. The highest BCUT2D eigenvalue weighted by molar-refractivity contribution is 6.10. The van der Waals surface area contributed by atoms with E-state index in [2.05, 4.69) is 19.2 Å². The summed E-state index contributed by atoms with van der Waals surface area (Å²) in [5, 5.41) is 12.2. The molecule has 0 fully saturated rings. The normalized spacial score (nSPS) is 11.0. The number of methoxy groups -OCH3 is 2. The summed E-state index contributed by atoms with van der Waals surface area (Å²) in [6, 6.07) is 12.7. The molecule has 0 aliphatic heterocycles. The molecule has 6 nitrogen and oxygen atoms in total. The van der Waals surface area contributed by atoms with E-state index < -0.39 is 5.91 Å². The van der Waals surface area contributed by atoms with Gasteiger partial charge in [0.15, 0.2) is 11.5 Å². The molecule has 0 spiro atoms. The van der Waals surface area contributed by atoms with Crippen LogP contribution in [0.5, 0.6) is 17.2 Å². The van der Waals surface area contributed by atoms with E-state index >= 15 is 0 Å². The van der Waals surface area contributed by atoms with Crippen molar-refractivity contribution in [1.82, 2.24) is 0 Å². The second-order valence-electron chi connectivity index (χ2n) is 6.94. The van der Waals surface area contributed by atoms with Gasteiger partial charge in [-0.2, -0.15) is 5.26 Å². The molecule has 29 heavy (non-hydrogen) atoms. The molecule has 6 heteroatoms. The number of anilines is 1. The molecule has 0 aromatic heterocycles. The van der Waals surface area contributed by atoms with Crippen LogP contribution < -0.4 is 19.5 Å². The molecule has 0 heterocycles. The number of nitrogens with one attached hydrogen (secondary N) is 1. The van der Waals surface area contributed by atoms with Crippen LogP contribution in [0.1, 0.15) is 25.0 Å². The molecule has 0 aliphatic carbocycles. The molecule has 0 bridgehead atoms. The van der Waals surface area contributed by atoms with Crippen molar-refractivity contribution in [3.8, 4) is 23.3 Å². The summed E-state index contributed by atoms with van der Waals surface area (Å²) in [6.45, 7) is 6.59. The van der Waals surface area contributed by atoms with E-state index in [-0.39, 0.29) is 5.57 Å². The number of nitrogens with zero attached hydrogens (tertiary/aromatic N) is 1. The predicted octanol–water partition coefficient (Wildman–Crippen LogP) is 4.59.